The van der Waals surface area contributed by atoms with Gasteiger partial charge in [-0.25, -0.2) is 0 Å². The molecule has 7 heteroatoms. The number of rotatable bonds is 6. The lowest BCUT2D eigenvalue weighted by molar-refractivity contribution is -0.274. The molecule has 36 heavy (non-hydrogen) atoms. The van der Waals surface area contributed by atoms with Crippen LogP contribution in [0.15, 0.2) is 48.5 Å². The summed E-state index contributed by atoms with van der Waals surface area (Å²) in [7, 11) is 0. The maximum absolute atomic E-state index is 12.5. The van der Waals surface area contributed by atoms with Crippen molar-refractivity contribution in [1.29, 1.82) is 0 Å². The monoisotopic (exact) mass is 501 g/mol. The number of hydrogen-bond donors (Lipinski definition) is 1. The fraction of sp³-hybridized carbons (Fsp3) is 0.586. The molecule has 0 amide bonds. The van der Waals surface area contributed by atoms with E-state index < -0.39 is 6.36 Å². The quantitative estimate of drug-likeness (QED) is 0.518. The van der Waals surface area contributed by atoms with E-state index in [1.165, 1.54) is 48.9 Å². The molecule has 3 fully saturated rings. The number of piperidine rings is 1. The van der Waals surface area contributed by atoms with E-state index >= 15 is 0 Å². The van der Waals surface area contributed by atoms with E-state index in [1.807, 2.05) is 0 Å². The lowest BCUT2D eigenvalue weighted by Crippen LogP contribution is -2.59. The smallest absolute Gasteiger partial charge is 0.406 e. The third-order valence-corrected chi connectivity index (χ3v) is 8.52. The highest BCUT2D eigenvalue weighted by Crippen LogP contribution is 2.52. The number of nitrogens with zero attached hydrogens (tertiary/aromatic N) is 2. The van der Waals surface area contributed by atoms with Crippen LogP contribution in [0.1, 0.15) is 68.2 Å². The molecular formula is C29H38F3N3O. The van der Waals surface area contributed by atoms with Gasteiger partial charge in [0.25, 0.3) is 0 Å². The molecule has 1 spiro atoms. The summed E-state index contributed by atoms with van der Waals surface area (Å²) in [5, 5.41) is 3.52. The molecule has 1 atom stereocenters. The summed E-state index contributed by atoms with van der Waals surface area (Å²) < 4.78 is 41.6. The van der Waals surface area contributed by atoms with Gasteiger partial charge in [-0.1, -0.05) is 50.2 Å². The molecule has 196 valence electrons. The van der Waals surface area contributed by atoms with Crippen molar-refractivity contribution in [2.45, 2.75) is 70.4 Å². The molecule has 3 aliphatic rings. The average Bonchev–Trinajstić information content (AvgIpc) is 2.83. The van der Waals surface area contributed by atoms with Gasteiger partial charge in [-0.05, 0) is 78.9 Å². The summed E-state index contributed by atoms with van der Waals surface area (Å²) in [5.74, 6) is 0.286. The van der Waals surface area contributed by atoms with Crippen molar-refractivity contribution >= 4 is 0 Å². The van der Waals surface area contributed by atoms with Gasteiger partial charge in [0.15, 0.2) is 0 Å². The standard InChI is InChI=1S/C29H38F3N3O/c1-21(2)25-5-3-4-6-26(25)27-20-34(19-22-7-9-24(10-8-22)36-29(30,31)32)15-16-35(27)23-17-28(18-23)11-13-33-14-12-28/h3-10,21,23,27,33H,11-20H2,1-2H3. The van der Waals surface area contributed by atoms with Gasteiger partial charge in [-0.2, -0.15) is 0 Å². The second-order valence-electron chi connectivity index (χ2n) is 11.3. The topological polar surface area (TPSA) is 27.7 Å². The molecule has 5 rings (SSSR count). The Morgan fingerprint density at radius 2 is 1.69 bits per heavy atom. The average molecular weight is 502 g/mol. The van der Waals surface area contributed by atoms with E-state index in [-0.39, 0.29) is 5.75 Å². The predicted octanol–water partition coefficient (Wildman–Crippen LogP) is 6.10. The Hall–Kier alpha value is -2.09. The van der Waals surface area contributed by atoms with Crippen molar-refractivity contribution in [3.63, 3.8) is 0 Å². The van der Waals surface area contributed by atoms with E-state index in [4.69, 9.17) is 0 Å². The molecule has 2 aliphatic heterocycles. The largest absolute Gasteiger partial charge is 0.573 e. The molecule has 1 aliphatic carbocycles. The molecule has 2 saturated heterocycles. The van der Waals surface area contributed by atoms with Crippen molar-refractivity contribution in [2.24, 2.45) is 5.41 Å². The van der Waals surface area contributed by atoms with Crippen LogP contribution in [-0.2, 0) is 6.54 Å². The van der Waals surface area contributed by atoms with Crippen LogP contribution in [-0.4, -0.2) is 54.9 Å². The number of piperazine rings is 1. The van der Waals surface area contributed by atoms with Crippen LogP contribution in [0.2, 0.25) is 0 Å². The number of nitrogens with one attached hydrogen (secondary N) is 1. The minimum Gasteiger partial charge on any atom is -0.406 e. The lowest BCUT2D eigenvalue weighted by atomic mass is 9.60. The lowest BCUT2D eigenvalue weighted by Gasteiger charge is -2.57. The molecule has 0 aromatic heterocycles. The fourth-order valence-corrected chi connectivity index (χ4v) is 6.65. The predicted molar refractivity (Wildman–Crippen MR) is 136 cm³/mol. The minimum atomic E-state index is -4.66. The van der Waals surface area contributed by atoms with Gasteiger partial charge in [-0.15, -0.1) is 13.2 Å². The van der Waals surface area contributed by atoms with Crippen LogP contribution in [0.25, 0.3) is 0 Å². The molecular weight excluding hydrogens is 463 g/mol. The van der Waals surface area contributed by atoms with Gasteiger partial charge in [0.1, 0.15) is 5.75 Å². The van der Waals surface area contributed by atoms with Crippen LogP contribution >= 0.6 is 0 Å². The molecule has 0 bridgehead atoms. The van der Waals surface area contributed by atoms with Crippen LogP contribution in [0, 0.1) is 5.41 Å². The first-order valence-electron chi connectivity index (χ1n) is 13.3. The number of hydrogen-bond acceptors (Lipinski definition) is 4. The highest BCUT2D eigenvalue weighted by molar-refractivity contribution is 5.34. The number of ether oxygens (including phenoxy) is 1. The molecule has 1 saturated carbocycles. The Labute approximate surface area is 212 Å². The van der Waals surface area contributed by atoms with Crippen molar-refractivity contribution in [3.8, 4) is 5.75 Å². The van der Waals surface area contributed by atoms with Crippen molar-refractivity contribution < 1.29 is 17.9 Å². The van der Waals surface area contributed by atoms with E-state index in [1.54, 1.807) is 12.1 Å². The van der Waals surface area contributed by atoms with Crippen LogP contribution in [0.5, 0.6) is 5.75 Å². The fourth-order valence-electron chi connectivity index (χ4n) is 6.65. The second-order valence-corrected chi connectivity index (χ2v) is 11.3. The summed E-state index contributed by atoms with van der Waals surface area (Å²) >= 11 is 0. The molecule has 2 aromatic rings. The summed E-state index contributed by atoms with van der Waals surface area (Å²) in [4.78, 5) is 5.22. The first kappa shape index (κ1) is 25.6. The van der Waals surface area contributed by atoms with Gasteiger partial charge in [0.05, 0.1) is 0 Å². The van der Waals surface area contributed by atoms with Gasteiger partial charge < -0.3 is 10.1 Å². The van der Waals surface area contributed by atoms with E-state index in [0.29, 0.717) is 23.4 Å². The van der Waals surface area contributed by atoms with Crippen molar-refractivity contribution in [3.05, 3.63) is 65.2 Å². The normalized spacial score (nSPS) is 23.7. The first-order valence-corrected chi connectivity index (χ1v) is 13.3. The molecule has 1 N–H and O–H groups in total. The van der Waals surface area contributed by atoms with E-state index in [0.717, 1.165) is 44.8 Å². The van der Waals surface area contributed by atoms with E-state index in [9.17, 15) is 13.2 Å². The van der Waals surface area contributed by atoms with Crippen LogP contribution < -0.4 is 10.1 Å². The Balaban J connectivity index is 1.32. The molecule has 4 nitrogen and oxygen atoms in total. The zero-order valence-electron chi connectivity index (χ0n) is 21.4. The molecule has 2 aromatic carbocycles. The third-order valence-electron chi connectivity index (χ3n) is 8.52. The van der Waals surface area contributed by atoms with Crippen molar-refractivity contribution in [1.82, 2.24) is 15.1 Å². The van der Waals surface area contributed by atoms with Gasteiger partial charge in [-0.3, -0.25) is 9.80 Å². The summed E-state index contributed by atoms with van der Waals surface area (Å²) in [6, 6.07) is 16.2. The SMILES string of the molecule is CC(C)c1ccccc1C1CN(Cc2ccc(OC(F)(F)F)cc2)CCN1C1CC2(CCNCC2)C1. The number of halogens is 3. The van der Waals surface area contributed by atoms with Crippen LogP contribution in [0.4, 0.5) is 13.2 Å². The summed E-state index contributed by atoms with van der Waals surface area (Å²) in [6.45, 7) is 10.5. The molecule has 2 heterocycles. The Bertz CT molecular complexity index is 1010. The van der Waals surface area contributed by atoms with Gasteiger partial charge in [0.2, 0.25) is 0 Å². The summed E-state index contributed by atoms with van der Waals surface area (Å²) in [5.41, 5.74) is 4.39. The van der Waals surface area contributed by atoms with Crippen LogP contribution in [0.3, 0.4) is 0 Å². The first-order chi connectivity index (χ1) is 17.2. The zero-order chi connectivity index (χ0) is 25.3. The van der Waals surface area contributed by atoms with E-state index in [2.05, 4.69) is 58.0 Å². The Kier molecular flexibility index (Phi) is 7.34. The zero-order valence-corrected chi connectivity index (χ0v) is 21.4. The Morgan fingerprint density at radius 3 is 2.36 bits per heavy atom. The highest BCUT2D eigenvalue weighted by atomic mass is 19.4. The van der Waals surface area contributed by atoms with Gasteiger partial charge >= 0.3 is 6.36 Å². The number of alkyl halides is 3. The second kappa shape index (κ2) is 10.3. The third kappa shape index (κ3) is 5.74. The molecule has 0 radical (unpaired) electrons. The number of benzene rings is 2. The van der Waals surface area contributed by atoms with Gasteiger partial charge in [0, 0.05) is 38.3 Å². The Morgan fingerprint density at radius 1 is 1.00 bits per heavy atom. The minimum absolute atomic E-state index is 0.170. The highest BCUT2D eigenvalue weighted by Gasteiger charge is 2.49. The molecule has 1 unspecified atom stereocenters. The van der Waals surface area contributed by atoms with Crippen molar-refractivity contribution in [2.75, 3.05) is 32.7 Å². The maximum Gasteiger partial charge on any atom is 0.573 e. The maximum atomic E-state index is 12.5. The summed E-state index contributed by atoms with van der Waals surface area (Å²) in [6.07, 6.45) is 0.532.